The molecular formula is C13H13FN2O2. The topological polar surface area (TPSA) is 44.1 Å². The molecule has 1 aromatic carbocycles. The van der Waals surface area contributed by atoms with Crippen LogP contribution >= 0.6 is 0 Å². The van der Waals surface area contributed by atoms with Crippen molar-refractivity contribution in [3.05, 3.63) is 48.3 Å². The number of nitrogens with zero attached hydrogens (tertiary/aromatic N) is 2. The zero-order valence-electron chi connectivity index (χ0n) is 9.75. The summed E-state index contributed by atoms with van der Waals surface area (Å²) in [6.45, 7) is 1.09. The van der Waals surface area contributed by atoms with Gasteiger partial charge in [-0.1, -0.05) is 6.07 Å². The lowest BCUT2D eigenvalue weighted by Crippen LogP contribution is -2.05. The van der Waals surface area contributed by atoms with E-state index in [4.69, 9.17) is 4.74 Å². The van der Waals surface area contributed by atoms with Crippen molar-refractivity contribution in [1.29, 1.82) is 0 Å². The van der Waals surface area contributed by atoms with E-state index >= 15 is 0 Å². The Morgan fingerprint density at radius 3 is 3.06 bits per heavy atom. The van der Waals surface area contributed by atoms with Crippen LogP contribution in [0.25, 0.3) is 0 Å². The van der Waals surface area contributed by atoms with Crippen molar-refractivity contribution < 1.29 is 13.9 Å². The fourth-order valence-electron chi connectivity index (χ4n) is 1.61. The molecule has 94 valence electrons. The lowest BCUT2D eigenvalue weighted by atomic mass is 10.2. The summed E-state index contributed by atoms with van der Waals surface area (Å²) in [5.41, 5.74) is 0.234. The van der Waals surface area contributed by atoms with Gasteiger partial charge in [-0.3, -0.25) is 4.79 Å². The number of imidazole rings is 1. The monoisotopic (exact) mass is 248 g/mol. The van der Waals surface area contributed by atoms with Gasteiger partial charge in [0.2, 0.25) is 0 Å². The molecule has 0 fully saturated rings. The minimum atomic E-state index is -0.512. The zero-order valence-corrected chi connectivity index (χ0v) is 9.75. The Morgan fingerprint density at radius 1 is 1.44 bits per heavy atom. The van der Waals surface area contributed by atoms with Crippen molar-refractivity contribution in [2.75, 3.05) is 6.61 Å². The molecule has 0 saturated carbocycles. The first-order chi connectivity index (χ1) is 8.81. The van der Waals surface area contributed by atoms with Gasteiger partial charge in [0.25, 0.3) is 0 Å². The van der Waals surface area contributed by atoms with E-state index in [0.29, 0.717) is 19.3 Å². The summed E-state index contributed by atoms with van der Waals surface area (Å²) in [6.07, 6.45) is 6.55. The fourth-order valence-corrected chi connectivity index (χ4v) is 1.61. The van der Waals surface area contributed by atoms with Gasteiger partial charge < -0.3 is 9.30 Å². The largest absolute Gasteiger partial charge is 0.490 e. The number of benzene rings is 1. The van der Waals surface area contributed by atoms with Gasteiger partial charge in [0, 0.05) is 18.9 Å². The Morgan fingerprint density at radius 2 is 2.33 bits per heavy atom. The molecule has 4 nitrogen and oxygen atoms in total. The number of hydrogen-bond acceptors (Lipinski definition) is 3. The first kappa shape index (κ1) is 12.3. The van der Waals surface area contributed by atoms with E-state index in [1.807, 2.05) is 10.8 Å². The van der Waals surface area contributed by atoms with Gasteiger partial charge in [-0.25, -0.2) is 9.37 Å². The van der Waals surface area contributed by atoms with Gasteiger partial charge in [0.15, 0.2) is 17.9 Å². The highest BCUT2D eigenvalue weighted by molar-refractivity contribution is 5.79. The van der Waals surface area contributed by atoms with Crippen molar-refractivity contribution in [3.63, 3.8) is 0 Å². The lowest BCUT2D eigenvalue weighted by molar-refractivity contribution is 0.111. The maximum Gasteiger partial charge on any atom is 0.165 e. The van der Waals surface area contributed by atoms with Crippen molar-refractivity contribution in [2.45, 2.75) is 13.0 Å². The molecule has 0 aliphatic rings. The highest BCUT2D eigenvalue weighted by Gasteiger charge is 2.08. The number of aryl methyl sites for hydroxylation is 1. The summed E-state index contributed by atoms with van der Waals surface area (Å²) in [6, 6.07) is 4.29. The normalized spacial score (nSPS) is 10.3. The number of carbonyl (C=O) groups is 1. The molecule has 0 atom stereocenters. The third kappa shape index (κ3) is 2.94. The van der Waals surface area contributed by atoms with Crippen LogP contribution in [-0.4, -0.2) is 22.4 Å². The van der Waals surface area contributed by atoms with Gasteiger partial charge in [-0.2, -0.15) is 0 Å². The number of halogens is 1. The van der Waals surface area contributed by atoms with E-state index in [-0.39, 0.29) is 11.3 Å². The summed E-state index contributed by atoms with van der Waals surface area (Å²) in [4.78, 5) is 14.7. The predicted molar refractivity (Wildman–Crippen MR) is 64.1 cm³/mol. The number of aldehydes is 1. The minimum absolute atomic E-state index is 0.0260. The second-order valence-electron chi connectivity index (χ2n) is 3.78. The van der Waals surface area contributed by atoms with Crippen LogP contribution < -0.4 is 4.74 Å². The number of rotatable bonds is 6. The summed E-state index contributed by atoms with van der Waals surface area (Å²) < 4.78 is 20.7. The van der Waals surface area contributed by atoms with Crippen LogP contribution in [0.1, 0.15) is 16.8 Å². The van der Waals surface area contributed by atoms with E-state index in [1.165, 1.54) is 18.2 Å². The molecule has 0 aliphatic carbocycles. The molecule has 0 spiro atoms. The van der Waals surface area contributed by atoms with Gasteiger partial charge in [0.05, 0.1) is 18.5 Å². The highest BCUT2D eigenvalue weighted by atomic mass is 19.1. The Bertz CT molecular complexity index is 512. The second kappa shape index (κ2) is 5.95. The Balaban J connectivity index is 1.88. The van der Waals surface area contributed by atoms with Crippen LogP contribution in [0.3, 0.4) is 0 Å². The van der Waals surface area contributed by atoms with Crippen LogP contribution in [0.15, 0.2) is 36.9 Å². The lowest BCUT2D eigenvalue weighted by Gasteiger charge is -2.09. The summed E-state index contributed by atoms with van der Waals surface area (Å²) in [5.74, 6) is -0.486. The zero-order chi connectivity index (χ0) is 12.8. The maximum absolute atomic E-state index is 13.4. The average molecular weight is 248 g/mol. The van der Waals surface area contributed by atoms with Crippen molar-refractivity contribution in [1.82, 2.24) is 9.55 Å². The second-order valence-corrected chi connectivity index (χ2v) is 3.78. The molecule has 0 radical (unpaired) electrons. The molecule has 18 heavy (non-hydrogen) atoms. The van der Waals surface area contributed by atoms with Crippen LogP contribution in [0.5, 0.6) is 5.75 Å². The molecule has 5 heteroatoms. The molecule has 2 aromatic rings. The molecular weight excluding hydrogens is 235 g/mol. The number of ether oxygens (including phenoxy) is 1. The quantitative estimate of drug-likeness (QED) is 0.582. The number of carbonyl (C=O) groups excluding carboxylic acids is 1. The van der Waals surface area contributed by atoms with Gasteiger partial charge in [-0.05, 0) is 18.6 Å². The van der Waals surface area contributed by atoms with Crippen molar-refractivity contribution in [2.24, 2.45) is 0 Å². The van der Waals surface area contributed by atoms with Gasteiger partial charge >= 0.3 is 0 Å². The summed E-state index contributed by atoms with van der Waals surface area (Å²) in [5, 5.41) is 0. The van der Waals surface area contributed by atoms with E-state index in [0.717, 1.165) is 6.54 Å². The average Bonchev–Trinajstić information content (AvgIpc) is 2.89. The van der Waals surface area contributed by atoms with Crippen molar-refractivity contribution in [3.8, 4) is 5.75 Å². The summed E-state index contributed by atoms with van der Waals surface area (Å²) in [7, 11) is 0. The smallest absolute Gasteiger partial charge is 0.165 e. The molecule has 0 unspecified atom stereocenters. The molecule has 1 heterocycles. The molecule has 2 rings (SSSR count). The van der Waals surface area contributed by atoms with E-state index in [2.05, 4.69) is 4.98 Å². The van der Waals surface area contributed by atoms with E-state index < -0.39 is 5.82 Å². The van der Waals surface area contributed by atoms with Gasteiger partial charge in [0.1, 0.15) is 0 Å². The van der Waals surface area contributed by atoms with Crippen LogP contribution in [0, 0.1) is 5.82 Å². The Hall–Kier alpha value is -2.17. The minimum Gasteiger partial charge on any atom is -0.490 e. The van der Waals surface area contributed by atoms with E-state index in [9.17, 15) is 9.18 Å². The third-order valence-corrected chi connectivity index (χ3v) is 2.49. The molecule has 0 saturated heterocycles. The Kier molecular flexibility index (Phi) is 4.06. The van der Waals surface area contributed by atoms with Crippen LogP contribution in [-0.2, 0) is 6.54 Å². The van der Waals surface area contributed by atoms with E-state index in [1.54, 1.807) is 12.5 Å². The molecule has 0 amide bonds. The van der Waals surface area contributed by atoms with Crippen molar-refractivity contribution >= 4 is 6.29 Å². The molecule has 0 bridgehead atoms. The molecule has 0 N–H and O–H groups in total. The molecule has 1 aromatic heterocycles. The SMILES string of the molecule is O=Cc1cccc(F)c1OCCCn1ccnc1. The fraction of sp³-hybridized carbons (Fsp3) is 0.231. The number of aromatic nitrogens is 2. The predicted octanol–water partition coefficient (Wildman–Crippen LogP) is 2.30. The number of hydrogen-bond donors (Lipinski definition) is 0. The Labute approximate surface area is 104 Å². The third-order valence-electron chi connectivity index (χ3n) is 2.49. The highest BCUT2D eigenvalue weighted by Crippen LogP contribution is 2.21. The van der Waals surface area contributed by atoms with Crippen LogP contribution in [0.2, 0.25) is 0 Å². The maximum atomic E-state index is 13.4. The van der Waals surface area contributed by atoms with Gasteiger partial charge in [-0.15, -0.1) is 0 Å². The molecule has 0 aliphatic heterocycles. The summed E-state index contributed by atoms with van der Waals surface area (Å²) >= 11 is 0. The standard InChI is InChI=1S/C13H13FN2O2/c14-12-4-1-3-11(9-17)13(12)18-8-2-6-16-7-5-15-10-16/h1,3-5,7,9-10H,2,6,8H2. The number of para-hydroxylation sites is 1. The first-order valence-electron chi connectivity index (χ1n) is 5.63. The van der Waals surface area contributed by atoms with Crippen LogP contribution in [0.4, 0.5) is 4.39 Å². The first-order valence-corrected chi connectivity index (χ1v) is 5.63.